The van der Waals surface area contributed by atoms with Gasteiger partial charge in [0.25, 0.3) is 0 Å². The van der Waals surface area contributed by atoms with E-state index in [0.717, 1.165) is 13.1 Å². The largest absolute Gasteiger partial charge is 0.480 e. The van der Waals surface area contributed by atoms with Crippen molar-refractivity contribution in [1.82, 2.24) is 10.2 Å². The Morgan fingerprint density at radius 3 is 2.33 bits per heavy atom. The Labute approximate surface area is 92.7 Å². The summed E-state index contributed by atoms with van der Waals surface area (Å²) in [6.07, 6.45) is 0. The van der Waals surface area contributed by atoms with Crippen LogP contribution in [0.4, 0.5) is 0 Å². The molecule has 2 N–H and O–H groups in total. The van der Waals surface area contributed by atoms with Gasteiger partial charge in [-0.3, -0.25) is 4.79 Å². The monoisotopic (exact) mass is 216 g/mol. The molecule has 15 heavy (non-hydrogen) atoms. The van der Waals surface area contributed by atoms with E-state index in [1.54, 1.807) is 14.0 Å². The van der Waals surface area contributed by atoms with Gasteiger partial charge in [-0.25, -0.2) is 0 Å². The van der Waals surface area contributed by atoms with Gasteiger partial charge < -0.3 is 15.3 Å². The van der Waals surface area contributed by atoms with Crippen molar-refractivity contribution in [2.45, 2.75) is 33.2 Å². The zero-order valence-corrected chi connectivity index (χ0v) is 10.5. The average molecular weight is 216 g/mol. The minimum absolute atomic E-state index is 0.535. The Kier molecular flexibility index (Phi) is 5.83. The molecule has 0 amide bonds. The van der Waals surface area contributed by atoms with E-state index in [4.69, 9.17) is 5.11 Å². The van der Waals surface area contributed by atoms with Crippen molar-refractivity contribution in [1.29, 1.82) is 0 Å². The molecule has 0 aromatic heterocycles. The van der Waals surface area contributed by atoms with Gasteiger partial charge in [-0.2, -0.15) is 0 Å². The first kappa shape index (κ1) is 14.4. The third-order valence-corrected chi connectivity index (χ3v) is 2.63. The van der Waals surface area contributed by atoms with Crippen LogP contribution in [0.3, 0.4) is 0 Å². The van der Waals surface area contributed by atoms with Gasteiger partial charge in [-0.15, -0.1) is 0 Å². The molecule has 0 aliphatic heterocycles. The van der Waals surface area contributed by atoms with Crippen LogP contribution < -0.4 is 5.32 Å². The first-order valence-electron chi connectivity index (χ1n) is 5.50. The van der Waals surface area contributed by atoms with E-state index >= 15 is 0 Å². The van der Waals surface area contributed by atoms with Crippen molar-refractivity contribution in [3.63, 3.8) is 0 Å². The van der Waals surface area contributed by atoms with Crippen molar-refractivity contribution in [3.8, 4) is 0 Å². The topological polar surface area (TPSA) is 52.6 Å². The third kappa shape index (κ3) is 4.62. The molecule has 0 aromatic rings. The van der Waals surface area contributed by atoms with Crippen LogP contribution >= 0.6 is 0 Å². The zero-order valence-electron chi connectivity index (χ0n) is 10.5. The van der Waals surface area contributed by atoms with Crippen LogP contribution in [0.2, 0.25) is 0 Å². The van der Waals surface area contributed by atoms with Gasteiger partial charge in [0.05, 0.1) is 0 Å². The number of likely N-dealkylation sites (N-methyl/N-ethyl adjacent to an activating group) is 2. The standard InChI is InChI=1S/C11H24N2O2/c1-6-13(7-9(2)3)8-11(4,12-5)10(14)15/h9,12H,6-8H2,1-5H3,(H,14,15). The summed E-state index contributed by atoms with van der Waals surface area (Å²) in [5, 5.41) is 12.0. The Morgan fingerprint density at radius 1 is 1.53 bits per heavy atom. The number of carboxylic acid groups (broad SMARTS) is 1. The van der Waals surface area contributed by atoms with E-state index in [9.17, 15) is 4.79 Å². The molecule has 1 unspecified atom stereocenters. The van der Waals surface area contributed by atoms with Crippen molar-refractivity contribution in [2.75, 3.05) is 26.7 Å². The minimum atomic E-state index is -0.856. The SMILES string of the molecule is CCN(CC(C)C)CC(C)(NC)C(=O)O. The molecule has 0 heterocycles. The summed E-state index contributed by atoms with van der Waals surface area (Å²) < 4.78 is 0. The molecule has 0 radical (unpaired) electrons. The van der Waals surface area contributed by atoms with Crippen LogP contribution in [0.25, 0.3) is 0 Å². The highest BCUT2D eigenvalue weighted by Crippen LogP contribution is 2.08. The number of aliphatic carboxylic acids is 1. The van der Waals surface area contributed by atoms with Crippen molar-refractivity contribution in [2.24, 2.45) is 5.92 Å². The lowest BCUT2D eigenvalue weighted by Gasteiger charge is -2.32. The first-order valence-corrected chi connectivity index (χ1v) is 5.50. The quantitative estimate of drug-likeness (QED) is 0.667. The van der Waals surface area contributed by atoms with Gasteiger partial charge >= 0.3 is 5.97 Å². The highest BCUT2D eigenvalue weighted by molar-refractivity contribution is 5.78. The number of rotatable bonds is 7. The van der Waals surface area contributed by atoms with Gasteiger partial charge in [-0.05, 0) is 26.4 Å². The number of nitrogens with one attached hydrogen (secondary N) is 1. The fourth-order valence-electron chi connectivity index (χ4n) is 1.52. The Balaban J connectivity index is 4.43. The molecule has 4 heteroatoms. The lowest BCUT2D eigenvalue weighted by Crippen LogP contribution is -2.56. The summed E-state index contributed by atoms with van der Waals surface area (Å²) in [7, 11) is 1.69. The summed E-state index contributed by atoms with van der Waals surface area (Å²) in [6, 6.07) is 0. The second-order valence-corrected chi connectivity index (χ2v) is 4.61. The zero-order chi connectivity index (χ0) is 12.1. The molecule has 1 atom stereocenters. The van der Waals surface area contributed by atoms with Gasteiger partial charge in [0.15, 0.2) is 0 Å². The lowest BCUT2D eigenvalue weighted by molar-refractivity contribution is -0.144. The molecule has 90 valence electrons. The summed E-state index contributed by atoms with van der Waals surface area (Å²) >= 11 is 0. The number of nitrogens with zero attached hydrogens (tertiary/aromatic N) is 1. The fraction of sp³-hybridized carbons (Fsp3) is 0.909. The summed E-state index contributed by atoms with van der Waals surface area (Å²) in [4.78, 5) is 13.3. The predicted molar refractivity (Wildman–Crippen MR) is 62.1 cm³/mol. The van der Waals surface area contributed by atoms with E-state index in [1.807, 2.05) is 0 Å². The maximum Gasteiger partial charge on any atom is 0.324 e. The summed E-state index contributed by atoms with van der Waals surface area (Å²) in [5.41, 5.74) is -0.856. The predicted octanol–water partition coefficient (Wildman–Crippen LogP) is 1.03. The Morgan fingerprint density at radius 2 is 2.07 bits per heavy atom. The first-order chi connectivity index (χ1) is 6.85. The van der Waals surface area contributed by atoms with Gasteiger partial charge in [0, 0.05) is 13.1 Å². The molecular weight excluding hydrogens is 192 g/mol. The lowest BCUT2D eigenvalue weighted by atomic mass is 10.0. The molecule has 0 aliphatic rings. The second-order valence-electron chi connectivity index (χ2n) is 4.61. The van der Waals surface area contributed by atoms with Crippen LogP contribution in [0.5, 0.6) is 0 Å². The van der Waals surface area contributed by atoms with E-state index in [2.05, 4.69) is 31.0 Å². The number of carboxylic acids is 1. The molecule has 0 aromatic carbocycles. The van der Waals surface area contributed by atoms with Crippen molar-refractivity contribution < 1.29 is 9.90 Å². The number of carbonyl (C=O) groups is 1. The maximum atomic E-state index is 11.1. The molecule has 0 spiro atoms. The maximum absolute atomic E-state index is 11.1. The highest BCUT2D eigenvalue weighted by Gasteiger charge is 2.32. The van der Waals surface area contributed by atoms with Crippen LogP contribution in [-0.4, -0.2) is 48.2 Å². The highest BCUT2D eigenvalue weighted by atomic mass is 16.4. The minimum Gasteiger partial charge on any atom is -0.480 e. The number of hydrogen-bond donors (Lipinski definition) is 2. The van der Waals surface area contributed by atoms with Gasteiger partial charge in [0.2, 0.25) is 0 Å². The average Bonchev–Trinajstić information content (AvgIpc) is 2.15. The third-order valence-electron chi connectivity index (χ3n) is 2.63. The Bertz CT molecular complexity index is 207. The molecular formula is C11H24N2O2. The molecule has 0 saturated heterocycles. The summed E-state index contributed by atoms with van der Waals surface area (Å²) in [6.45, 7) is 10.4. The van der Waals surface area contributed by atoms with Crippen molar-refractivity contribution in [3.05, 3.63) is 0 Å². The van der Waals surface area contributed by atoms with Crippen LogP contribution in [0, 0.1) is 5.92 Å². The van der Waals surface area contributed by atoms with Crippen LogP contribution in [0.15, 0.2) is 0 Å². The smallest absolute Gasteiger partial charge is 0.324 e. The van der Waals surface area contributed by atoms with E-state index < -0.39 is 11.5 Å². The van der Waals surface area contributed by atoms with Crippen LogP contribution in [0.1, 0.15) is 27.7 Å². The molecule has 4 nitrogen and oxygen atoms in total. The molecule has 0 bridgehead atoms. The van der Waals surface area contributed by atoms with Gasteiger partial charge in [-0.1, -0.05) is 20.8 Å². The van der Waals surface area contributed by atoms with E-state index in [1.165, 1.54) is 0 Å². The fourth-order valence-corrected chi connectivity index (χ4v) is 1.52. The molecule has 0 saturated carbocycles. The normalized spacial score (nSPS) is 15.7. The van der Waals surface area contributed by atoms with E-state index in [0.29, 0.717) is 12.5 Å². The van der Waals surface area contributed by atoms with Crippen molar-refractivity contribution >= 4 is 5.97 Å². The van der Waals surface area contributed by atoms with Crippen LogP contribution in [-0.2, 0) is 4.79 Å². The molecule has 0 aliphatic carbocycles. The second kappa shape index (κ2) is 6.08. The molecule has 0 rings (SSSR count). The number of hydrogen-bond acceptors (Lipinski definition) is 3. The summed E-state index contributed by atoms with van der Waals surface area (Å²) in [5.74, 6) is -0.243. The molecule has 0 fully saturated rings. The van der Waals surface area contributed by atoms with Gasteiger partial charge in [0.1, 0.15) is 5.54 Å². The Hall–Kier alpha value is -0.610. The van der Waals surface area contributed by atoms with E-state index in [-0.39, 0.29) is 0 Å².